The molecule has 114 valence electrons. The van der Waals surface area contributed by atoms with Crippen LogP contribution in [0.2, 0.25) is 0 Å². The number of primary amides is 1. The van der Waals surface area contributed by atoms with Crippen LogP contribution in [0.25, 0.3) is 0 Å². The fourth-order valence-electron chi connectivity index (χ4n) is 3.39. The number of aliphatic hydroxyl groups excluding tert-OH is 2. The van der Waals surface area contributed by atoms with Crippen LogP contribution < -0.4 is 16.4 Å². The van der Waals surface area contributed by atoms with Gasteiger partial charge in [0.2, 0.25) is 11.8 Å². The Bertz CT molecular complexity index is 430. The molecular weight excluding hydrogens is 264 g/mol. The number of hydrogen-bond donors (Lipinski definition) is 5. The lowest BCUT2D eigenvalue weighted by atomic mass is 9.75. The van der Waals surface area contributed by atoms with E-state index in [4.69, 9.17) is 5.73 Å². The zero-order valence-corrected chi connectivity index (χ0v) is 11.8. The number of nitrogens with zero attached hydrogens (tertiary/aromatic N) is 1. The summed E-state index contributed by atoms with van der Waals surface area (Å²) in [4.78, 5) is 24.7. The fourth-order valence-corrected chi connectivity index (χ4v) is 3.39. The highest BCUT2D eigenvalue weighted by Crippen LogP contribution is 2.41. The van der Waals surface area contributed by atoms with Gasteiger partial charge in [-0.05, 0) is 14.0 Å². The lowest BCUT2D eigenvalue weighted by Gasteiger charge is -2.57. The van der Waals surface area contributed by atoms with Crippen LogP contribution in [0.1, 0.15) is 13.8 Å². The smallest absolute Gasteiger partial charge is 0.238 e. The Hall–Kier alpha value is -1.22. The molecule has 2 amide bonds. The van der Waals surface area contributed by atoms with Crippen molar-refractivity contribution in [3.05, 3.63) is 0 Å². The van der Waals surface area contributed by atoms with Crippen LogP contribution in [0.5, 0.6) is 0 Å². The average Bonchev–Trinajstić information content (AvgIpc) is 2.61. The first kappa shape index (κ1) is 15.2. The molecule has 0 aromatic rings. The van der Waals surface area contributed by atoms with Gasteiger partial charge in [0.25, 0.3) is 0 Å². The summed E-state index contributed by atoms with van der Waals surface area (Å²) in [5.41, 5.74) is 4.46. The molecule has 4 unspecified atom stereocenters. The quantitative estimate of drug-likeness (QED) is 0.373. The number of likely N-dealkylation sites (N-methyl/N-ethyl adjacent to an activating group) is 1. The molecule has 0 saturated carbocycles. The summed E-state index contributed by atoms with van der Waals surface area (Å²) in [6.45, 7) is 3.58. The van der Waals surface area contributed by atoms with E-state index in [1.165, 1.54) is 11.8 Å². The summed E-state index contributed by atoms with van der Waals surface area (Å²) in [5.74, 6) is -1.02. The van der Waals surface area contributed by atoms with Crippen molar-refractivity contribution in [1.29, 1.82) is 0 Å². The second-order valence-electron chi connectivity index (χ2n) is 5.72. The molecule has 0 aromatic heterocycles. The second-order valence-corrected chi connectivity index (χ2v) is 5.72. The number of carbonyl (C=O) groups is 2. The first-order valence-corrected chi connectivity index (χ1v) is 6.66. The summed E-state index contributed by atoms with van der Waals surface area (Å²) in [6, 6.07) is -1.35. The maximum Gasteiger partial charge on any atom is 0.238 e. The molecule has 1 spiro atoms. The van der Waals surface area contributed by atoms with E-state index < -0.39 is 29.8 Å². The van der Waals surface area contributed by atoms with Gasteiger partial charge in [-0.15, -0.1) is 0 Å². The molecule has 0 aliphatic carbocycles. The maximum absolute atomic E-state index is 11.9. The zero-order valence-electron chi connectivity index (χ0n) is 11.8. The predicted octanol–water partition coefficient (Wildman–Crippen LogP) is -3.05. The lowest BCUT2D eigenvalue weighted by Crippen LogP contribution is -2.80. The largest absolute Gasteiger partial charge is 0.391 e. The minimum Gasteiger partial charge on any atom is -0.391 e. The van der Waals surface area contributed by atoms with Gasteiger partial charge in [-0.2, -0.15) is 0 Å². The third kappa shape index (κ3) is 1.91. The van der Waals surface area contributed by atoms with E-state index in [1.54, 1.807) is 7.05 Å². The second kappa shape index (κ2) is 4.96. The summed E-state index contributed by atoms with van der Waals surface area (Å²) in [6.07, 6.45) is -2.04. The minimum absolute atomic E-state index is 0.145. The van der Waals surface area contributed by atoms with Crippen molar-refractivity contribution < 1.29 is 19.8 Å². The molecule has 20 heavy (non-hydrogen) atoms. The highest BCUT2D eigenvalue weighted by molar-refractivity contribution is 5.87. The van der Waals surface area contributed by atoms with Crippen LogP contribution in [0.15, 0.2) is 0 Å². The topological polar surface area (TPSA) is 128 Å². The van der Waals surface area contributed by atoms with E-state index in [1.807, 2.05) is 6.92 Å². The number of nitrogens with one attached hydrogen (secondary N) is 2. The van der Waals surface area contributed by atoms with Crippen molar-refractivity contribution in [2.75, 3.05) is 13.6 Å². The van der Waals surface area contributed by atoms with Crippen molar-refractivity contribution in [2.24, 2.45) is 11.7 Å². The fraction of sp³-hybridized carbons (Fsp3) is 0.833. The number of aliphatic hydroxyl groups is 2. The monoisotopic (exact) mass is 286 g/mol. The van der Waals surface area contributed by atoms with Crippen molar-refractivity contribution >= 4 is 11.8 Å². The maximum atomic E-state index is 11.9. The Morgan fingerprint density at radius 3 is 2.60 bits per heavy atom. The number of likely N-dealkylation sites (tertiary alicyclic amines) is 1. The van der Waals surface area contributed by atoms with E-state index in [0.29, 0.717) is 0 Å². The SMILES string of the molecule is CNC1C(=O)NC2(CN([C@H](C(N)=O)[C@@H](C)O)C2O)C1C. The molecule has 6 atom stereocenters. The highest BCUT2D eigenvalue weighted by atomic mass is 16.3. The minimum atomic E-state index is -1.05. The van der Waals surface area contributed by atoms with Gasteiger partial charge in [-0.1, -0.05) is 6.92 Å². The molecule has 2 aliphatic rings. The van der Waals surface area contributed by atoms with Gasteiger partial charge in [0.15, 0.2) is 0 Å². The Balaban J connectivity index is 2.18. The molecule has 2 heterocycles. The summed E-state index contributed by atoms with van der Waals surface area (Å²) < 4.78 is 0. The number of nitrogens with two attached hydrogens (primary N) is 1. The molecule has 8 heteroatoms. The van der Waals surface area contributed by atoms with Crippen LogP contribution in [0.4, 0.5) is 0 Å². The van der Waals surface area contributed by atoms with Crippen LogP contribution >= 0.6 is 0 Å². The highest BCUT2D eigenvalue weighted by Gasteiger charge is 2.64. The number of hydrogen-bond acceptors (Lipinski definition) is 6. The molecule has 2 rings (SSSR count). The Kier molecular flexibility index (Phi) is 3.76. The van der Waals surface area contributed by atoms with Gasteiger partial charge >= 0.3 is 0 Å². The van der Waals surface area contributed by atoms with E-state index in [0.717, 1.165) is 0 Å². The van der Waals surface area contributed by atoms with Gasteiger partial charge < -0.3 is 26.6 Å². The van der Waals surface area contributed by atoms with Gasteiger partial charge in [0, 0.05) is 12.5 Å². The molecule has 2 fully saturated rings. The average molecular weight is 286 g/mol. The molecule has 2 saturated heterocycles. The van der Waals surface area contributed by atoms with Crippen molar-refractivity contribution in [3.8, 4) is 0 Å². The molecular formula is C12H22N4O4. The zero-order chi connectivity index (χ0) is 15.2. The Morgan fingerprint density at radius 2 is 2.25 bits per heavy atom. The molecule has 0 aromatic carbocycles. The standard InChI is InChI=1S/C12H22N4O4/c1-5-7(14-3)10(19)15-12(5)4-16(11(12)20)8(6(2)17)9(13)18/h5-8,11,14,17,20H,4H2,1-3H3,(H2,13,18)(H,15,19)/t5?,6-,7?,8+,11?,12?/m1/s1. The third-order valence-corrected chi connectivity index (χ3v) is 4.59. The lowest BCUT2D eigenvalue weighted by molar-refractivity contribution is -0.200. The van der Waals surface area contributed by atoms with Gasteiger partial charge in [0.1, 0.15) is 12.3 Å². The summed E-state index contributed by atoms with van der Waals surface area (Å²) >= 11 is 0. The van der Waals surface area contributed by atoms with E-state index in [-0.39, 0.29) is 24.4 Å². The van der Waals surface area contributed by atoms with Crippen LogP contribution in [0.3, 0.4) is 0 Å². The van der Waals surface area contributed by atoms with Crippen LogP contribution in [-0.4, -0.2) is 70.5 Å². The number of carbonyl (C=O) groups excluding carboxylic acids is 2. The molecule has 8 nitrogen and oxygen atoms in total. The number of amides is 2. The molecule has 0 radical (unpaired) electrons. The van der Waals surface area contributed by atoms with Gasteiger partial charge in [0.05, 0.1) is 17.7 Å². The van der Waals surface area contributed by atoms with E-state index >= 15 is 0 Å². The molecule has 2 aliphatic heterocycles. The van der Waals surface area contributed by atoms with Crippen molar-refractivity contribution in [3.63, 3.8) is 0 Å². The van der Waals surface area contributed by atoms with Crippen LogP contribution in [0, 0.1) is 5.92 Å². The van der Waals surface area contributed by atoms with Crippen molar-refractivity contribution in [2.45, 2.75) is 43.8 Å². The van der Waals surface area contributed by atoms with E-state index in [2.05, 4.69) is 10.6 Å². The Labute approximate surface area is 117 Å². The first-order chi connectivity index (χ1) is 9.26. The third-order valence-electron chi connectivity index (χ3n) is 4.59. The molecule has 6 N–H and O–H groups in total. The Morgan fingerprint density at radius 1 is 1.65 bits per heavy atom. The summed E-state index contributed by atoms with van der Waals surface area (Å²) in [5, 5.41) is 25.7. The van der Waals surface area contributed by atoms with Gasteiger partial charge in [-0.3, -0.25) is 14.5 Å². The van der Waals surface area contributed by atoms with E-state index in [9.17, 15) is 19.8 Å². The predicted molar refractivity (Wildman–Crippen MR) is 70.3 cm³/mol. The normalized spacial score (nSPS) is 40.2. The first-order valence-electron chi connectivity index (χ1n) is 6.66. The van der Waals surface area contributed by atoms with Crippen molar-refractivity contribution in [1.82, 2.24) is 15.5 Å². The summed E-state index contributed by atoms with van der Waals surface area (Å²) in [7, 11) is 1.69. The van der Waals surface area contributed by atoms with Gasteiger partial charge in [-0.25, -0.2) is 0 Å². The number of rotatable bonds is 4. The van der Waals surface area contributed by atoms with Crippen LogP contribution in [-0.2, 0) is 9.59 Å². The molecule has 0 bridgehead atoms.